The third kappa shape index (κ3) is 4.11. The summed E-state index contributed by atoms with van der Waals surface area (Å²) >= 11 is 1.39. The molecule has 0 spiro atoms. The number of sulfone groups is 1. The van der Waals surface area contributed by atoms with Crippen molar-refractivity contribution in [1.29, 1.82) is 0 Å². The quantitative estimate of drug-likeness (QED) is 0.675. The first-order chi connectivity index (χ1) is 12.4. The first kappa shape index (κ1) is 18.5. The number of nitrogens with zero attached hydrogens (tertiary/aromatic N) is 2. The topological polar surface area (TPSA) is 68.5 Å². The van der Waals surface area contributed by atoms with Gasteiger partial charge in [0, 0.05) is 7.05 Å². The average Bonchev–Trinajstić information content (AvgIpc) is 2.90. The van der Waals surface area contributed by atoms with Gasteiger partial charge in [-0.05, 0) is 23.6 Å². The Balaban J connectivity index is 1.87. The fraction of sp³-hybridized carbons (Fsp3) is 0.263. The Hall–Kier alpha value is -2.25. The van der Waals surface area contributed by atoms with Crippen LogP contribution in [0.4, 0.5) is 0 Å². The van der Waals surface area contributed by atoms with Crippen molar-refractivity contribution in [2.24, 2.45) is 12.0 Å². The highest BCUT2D eigenvalue weighted by Crippen LogP contribution is 2.21. The Morgan fingerprint density at radius 3 is 2.54 bits per heavy atom. The fourth-order valence-electron chi connectivity index (χ4n) is 2.88. The largest absolute Gasteiger partial charge is 0.319 e. The first-order valence-electron chi connectivity index (χ1n) is 8.29. The van der Waals surface area contributed by atoms with Gasteiger partial charge in [0.1, 0.15) is 5.75 Å². The summed E-state index contributed by atoms with van der Waals surface area (Å²) in [6.45, 7) is 2.07. The van der Waals surface area contributed by atoms with Crippen LogP contribution >= 0.6 is 11.3 Å². The van der Waals surface area contributed by atoms with Crippen LogP contribution < -0.4 is 4.80 Å². The van der Waals surface area contributed by atoms with Gasteiger partial charge in [-0.15, -0.1) is 0 Å². The van der Waals surface area contributed by atoms with Crippen molar-refractivity contribution in [2.45, 2.75) is 19.1 Å². The maximum absolute atomic E-state index is 12.3. The highest BCUT2D eigenvalue weighted by Gasteiger charge is 2.17. The van der Waals surface area contributed by atoms with E-state index in [9.17, 15) is 13.2 Å². The molecular weight excluding hydrogens is 368 g/mol. The van der Waals surface area contributed by atoms with E-state index < -0.39 is 21.5 Å². The van der Waals surface area contributed by atoms with E-state index in [2.05, 4.69) is 11.9 Å². The van der Waals surface area contributed by atoms with Crippen molar-refractivity contribution >= 4 is 37.3 Å². The summed E-state index contributed by atoms with van der Waals surface area (Å²) in [7, 11) is -1.71. The van der Waals surface area contributed by atoms with Crippen molar-refractivity contribution in [3.63, 3.8) is 0 Å². The summed E-state index contributed by atoms with van der Waals surface area (Å²) in [5, 5.41) is 0. The molecule has 2 aromatic carbocycles. The zero-order valence-corrected chi connectivity index (χ0v) is 16.3. The number of aryl methyl sites for hydroxylation is 2. The van der Waals surface area contributed by atoms with Crippen LogP contribution in [0.5, 0.6) is 0 Å². The lowest BCUT2D eigenvalue weighted by atomic mass is 10.1. The molecule has 7 heteroatoms. The second-order valence-corrected chi connectivity index (χ2v) is 9.16. The summed E-state index contributed by atoms with van der Waals surface area (Å²) in [4.78, 5) is 16.8. The van der Waals surface area contributed by atoms with Gasteiger partial charge in [0.05, 0.1) is 16.0 Å². The molecule has 0 saturated heterocycles. The van der Waals surface area contributed by atoms with Crippen LogP contribution in [-0.2, 0) is 33.9 Å². The minimum Gasteiger partial charge on any atom is -0.319 e. The van der Waals surface area contributed by atoms with Gasteiger partial charge in [-0.3, -0.25) is 4.79 Å². The van der Waals surface area contributed by atoms with E-state index in [1.54, 1.807) is 24.3 Å². The number of carbonyl (C=O) groups excluding carboxylic acids is 1. The summed E-state index contributed by atoms with van der Waals surface area (Å²) < 4.78 is 27.4. The van der Waals surface area contributed by atoms with Crippen molar-refractivity contribution < 1.29 is 13.2 Å². The molecule has 3 aromatic rings. The van der Waals surface area contributed by atoms with Crippen molar-refractivity contribution in [1.82, 2.24) is 4.57 Å². The molecule has 26 heavy (non-hydrogen) atoms. The number of rotatable bonds is 5. The Bertz CT molecular complexity index is 1110. The van der Waals surface area contributed by atoms with Gasteiger partial charge in [0.25, 0.3) is 5.91 Å². The molecule has 0 fully saturated rings. The number of benzene rings is 2. The summed E-state index contributed by atoms with van der Waals surface area (Å²) in [6.07, 6.45) is 0.876. The normalized spacial score (nSPS) is 12.6. The van der Waals surface area contributed by atoms with Gasteiger partial charge in [-0.2, -0.15) is 4.99 Å². The van der Waals surface area contributed by atoms with Crippen molar-refractivity contribution in [3.8, 4) is 0 Å². The van der Waals surface area contributed by atoms with Gasteiger partial charge in [-0.1, -0.05) is 60.7 Å². The van der Waals surface area contributed by atoms with Crippen LogP contribution in [0.25, 0.3) is 10.2 Å². The molecule has 0 aliphatic heterocycles. The van der Waals surface area contributed by atoms with Crippen LogP contribution in [0.2, 0.25) is 0 Å². The van der Waals surface area contributed by atoms with Crippen LogP contribution in [0, 0.1) is 0 Å². The highest BCUT2D eigenvalue weighted by atomic mass is 32.2. The molecule has 0 radical (unpaired) electrons. The van der Waals surface area contributed by atoms with E-state index in [0.29, 0.717) is 10.4 Å². The lowest BCUT2D eigenvalue weighted by Gasteiger charge is -2.03. The zero-order chi connectivity index (χ0) is 18.7. The number of hydrogen-bond acceptors (Lipinski definition) is 4. The van der Waals surface area contributed by atoms with Crippen LogP contribution in [0.15, 0.2) is 53.5 Å². The number of aromatic nitrogens is 1. The van der Waals surface area contributed by atoms with E-state index in [0.717, 1.165) is 16.6 Å². The molecule has 0 saturated carbocycles. The molecule has 1 aromatic heterocycles. The predicted octanol–water partition coefficient (Wildman–Crippen LogP) is 2.84. The number of thiazole rings is 1. The van der Waals surface area contributed by atoms with Crippen molar-refractivity contribution in [3.05, 3.63) is 64.5 Å². The van der Waals surface area contributed by atoms with E-state index >= 15 is 0 Å². The highest BCUT2D eigenvalue weighted by molar-refractivity contribution is 7.91. The standard InChI is InChI=1S/C19H20N2O3S2/c1-3-15-10-7-11-16-18(15)21(2)19(25-16)20-17(22)13-26(23,24)12-14-8-5-4-6-9-14/h4-11H,3,12-13H2,1-2H3. The molecule has 0 bridgehead atoms. The van der Waals surface area contributed by atoms with E-state index in [4.69, 9.17) is 0 Å². The second-order valence-electron chi connectivity index (χ2n) is 6.08. The smallest absolute Gasteiger partial charge is 0.263 e. The molecule has 3 rings (SSSR count). The number of amides is 1. The lowest BCUT2D eigenvalue weighted by molar-refractivity contribution is -0.115. The Kier molecular flexibility index (Phi) is 5.38. The molecule has 136 valence electrons. The van der Waals surface area contributed by atoms with Gasteiger partial charge < -0.3 is 4.57 Å². The van der Waals surface area contributed by atoms with Crippen LogP contribution in [0.3, 0.4) is 0 Å². The molecule has 5 nitrogen and oxygen atoms in total. The third-order valence-corrected chi connectivity index (χ3v) is 6.64. The Labute approximate surface area is 156 Å². The van der Waals surface area contributed by atoms with Crippen LogP contribution in [-0.4, -0.2) is 24.6 Å². The van der Waals surface area contributed by atoms with Gasteiger partial charge >= 0.3 is 0 Å². The number of fused-ring (bicyclic) bond motifs is 1. The van der Waals surface area contributed by atoms with E-state index in [1.807, 2.05) is 35.9 Å². The molecule has 0 aliphatic rings. The first-order valence-corrected chi connectivity index (χ1v) is 10.9. The Morgan fingerprint density at radius 1 is 1.12 bits per heavy atom. The maximum atomic E-state index is 12.3. The molecule has 0 atom stereocenters. The third-order valence-electron chi connectivity index (χ3n) is 4.08. The Morgan fingerprint density at radius 2 is 1.85 bits per heavy atom. The van der Waals surface area contributed by atoms with Gasteiger partial charge in [0.2, 0.25) is 0 Å². The van der Waals surface area contributed by atoms with E-state index in [1.165, 1.54) is 16.9 Å². The molecule has 1 heterocycles. The summed E-state index contributed by atoms with van der Waals surface area (Å²) in [5.41, 5.74) is 2.88. The maximum Gasteiger partial charge on any atom is 0.263 e. The molecule has 0 aliphatic carbocycles. The molecule has 0 unspecified atom stereocenters. The van der Waals surface area contributed by atoms with Crippen LogP contribution in [0.1, 0.15) is 18.1 Å². The second kappa shape index (κ2) is 7.55. The predicted molar refractivity (Wildman–Crippen MR) is 105 cm³/mol. The summed E-state index contributed by atoms with van der Waals surface area (Å²) in [5.74, 6) is -1.38. The van der Waals surface area contributed by atoms with Crippen molar-refractivity contribution in [2.75, 3.05) is 5.75 Å². The van der Waals surface area contributed by atoms with Gasteiger partial charge in [-0.25, -0.2) is 8.42 Å². The molecule has 1 amide bonds. The fourth-order valence-corrected chi connectivity index (χ4v) is 5.21. The number of carbonyl (C=O) groups is 1. The molecule has 0 N–H and O–H groups in total. The number of para-hydroxylation sites is 1. The zero-order valence-electron chi connectivity index (χ0n) is 14.7. The van der Waals surface area contributed by atoms with E-state index in [-0.39, 0.29) is 5.75 Å². The minimum absolute atomic E-state index is 0.159. The molecular formula is C19H20N2O3S2. The number of hydrogen-bond donors (Lipinski definition) is 0. The SMILES string of the molecule is CCc1cccc2sc(=NC(=O)CS(=O)(=O)Cc3ccccc3)n(C)c12. The monoisotopic (exact) mass is 388 g/mol. The van der Waals surface area contributed by atoms with Gasteiger partial charge in [0.15, 0.2) is 14.6 Å². The average molecular weight is 389 g/mol. The lowest BCUT2D eigenvalue weighted by Crippen LogP contribution is -2.20. The summed E-state index contributed by atoms with van der Waals surface area (Å²) in [6, 6.07) is 14.9. The minimum atomic E-state index is -3.56.